The molecule has 3 heteroatoms. The standard InChI is InChI=1S/C15H22N2O/c16-11-5-1-2-8-15(18)17-14-10-9-12-6-3-4-7-13(12)14/h3-4,6-7,14H,1-2,5,8-11,16H2,(H,17,18). The Balaban J connectivity index is 1.79. The van der Waals surface area contributed by atoms with E-state index >= 15 is 0 Å². The lowest BCUT2D eigenvalue weighted by molar-refractivity contribution is -0.121. The van der Waals surface area contributed by atoms with Gasteiger partial charge in [-0.1, -0.05) is 30.7 Å². The van der Waals surface area contributed by atoms with Crippen molar-refractivity contribution in [3.63, 3.8) is 0 Å². The first kappa shape index (κ1) is 13.1. The summed E-state index contributed by atoms with van der Waals surface area (Å²) in [6, 6.07) is 8.62. The molecule has 0 fully saturated rings. The Kier molecular flexibility index (Phi) is 4.76. The summed E-state index contributed by atoms with van der Waals surface area (Å²) in [6.45, 7) is 0.720. The Morgan fingerprint density at radius 2 is 2.11 bits per heavy atom. The van der Waals surface area contributed by atoms with Crippen LogP contribution in [0.25, 0.3) is 0 Å². The first-order valence-electron chi connectivity index (χ1n) is 6.88. The van der Waals surface area contributed by atoms with E-state index in [2.05, 4.69) is 23.5 Å². The lowest BCUT2D eigenvalue weighted by atomic mass is 10.1. The maximum Gasteiger partial charge on any atom is 0.220 e. The second kappa shape index (κ2) is 6.55. The minimum absolute atomic E-state index is 0.175. The number of hydrogen-bond acceptors (Lipinski definition) is 2. The normalized spacial score (nSPS) is 17.5. The first-order chi connectivity index (χ1) is 8.81. The van der Waals surface area contributed by atoms with E-state index in [4.69, 9.17) is 5.73 Å². The molecule has 0 saturated carbocycles. The summed E-state index contributed by atoms with van der Waals surface area (Å²) in [5.41, 5.74) is 8.11. The second-order valence-electron chi connectivity index (χ2n) is 4.96. The average molecular weight is 246 g/mol. The van der Waals surface area contributed by atoms with Crippen molar-refractivity contribution in [1.82, 2.24) is 5.32 Å². The summed E-state index contributed by atoms with van der Waals surface area (Å²) < 4.78 is 0. The molecule has 0 radical (unpaired) electrons. The minimum Gasteiger partial charge on any atom is -0.349 e. The lowest BCUT2D eigenvalue weighted by Crippen LogP contribution is -2.26. The van der Waals surface area contributed by atoms with Gasteiger partial charge in [-0.2, -0.15) is 0 Å². The van der Waals surface area contributed by atoms with Gasteiger partial charge in [-0.15, -0.1) is 0 Å². The molecule has 3 N–H and O–H groups in total. The van der Waals surface area contributed by atoms with Crippen molar-refractivity contribution in [2.45, 2.75) is 44.6 Å². The fourth-order valence-electron chi connectivity index (χ4n) is 2.58. The molecule has 1 aromatic carbocycles. The number of benzene rings is 1. The molecule has 0 aliphatic heterocycles. The van der Waals surface area contributed by atoms with Crippen molar-refractivity contribution in [2.24, 2.45) is 5.73 Å². The van der Waals surface area contributed by atoms with E-state index in [9.17, 15) is 4.79 Å². The number of nitrogens with two attached hydrogens (primary N) is 1. The van der Waals surface area contributed by atoms with Gasteiger partial charge in [0.05, 0.1) is 6.04 Å². The van der Waals surface area contributed by atoms with Crippen LogP contribution in [0.5, 0.6) is 0 Å². The van der Waals surface area contributed by atoms with Crippen molar-refractivity contribution in [3.8, 4) is 0 Å². The van der Waals surface area contributed by atoms with Crippen LogP contribution in [0.2, 0.25) is 0 Å². The van der Waals surface area contributed by atoms with Crippen molar-refractivity contribution in [3.05, 3.63) is 35.4 Å². The zero-order valence-electron chi connectivity index (χ0n) is 10.8. The van der Waals surface area contributed by atoms with Crippen LogP contribution in [0, 0.1) is 0 Å². The number of carbonyl (C=O) groups excluding carboxylic acids is 1. The summed E-state index contributed by atoms with van der Waals surface area (Å²) >= 11 is 0. The second-order valence-corrected chi connectivity index (χ2v) is 4.96. The van der Waals surface area contributed by atoms with E-state index < -0.39 is 0 Å². The fourth-order valence-corrected chi connectivity index (χ4v) is 2.58. The molecule has 18 heavy (non-hydrogen) atoms. The number of aryl methyl sites for hydroxylation is 1. The number of rotatable bonds is 6. The number of amides is 1. The van der Waals surface area contributed by atoms with Gasteiger partial charge in [0.1, 0.15) is 0 Å². The zero-order chi connectivity index (χ0) is 12.8. The third kappa shape index (κ3) is 3.33. The van der Waals surface area contributed by atoms with Crippen LogP contribution < -0.4 is 11.1 Å². The molecule has 1 aliphatic rings. The number of fused-ring (bicyclic) bond motifs is 1. The molecule has 2 rings (SSSR count). The van der Waals surface area contributed by atoms with Gasteiger partial charge in [-0.05, 0) is 43.4 Å². The summed E-state index contributed by atoms with van der Waals surface area (Å²) in [7, 11) is 0. The first-order valence-corrected chi connectivity index (χ1v) is 6.88. The van der Waals surface area contributed by atoms with Gasteiger partial charge in [-0.25, -0.2) is 0 Å². The summed E-state index contributed by atoms with van der Waals surface area (Å²) in [5.74, 6) is 0.175. The molecule has 0 spiro atoms. The molecule has 1 aliphatic carbocycles. The van der Waals surface area contributed by atoms with Crippen LogP contribution in [-0.2, 0) is 11.2 Å². The van der Waals surface area contributed by atoms with Crippen molar-refractivity contribution >= 4 is 5.91 Å². The highest BCUT2D eigenvalue weighted by molar-refractivity contribution is 5.76. The summed E-state index contributed by atoms with van der Waals surface area (Å²) in [6.07, 6.45) is 5.74. The molecule has 98 valence electrons. The molecular weight excluding hydrogens is 224 g/mol. The van der Waals surface area contributed by atoms with Gasteiger partial charge in [0, 0.05) is 6.42 Å². The molecule has 0 bridgehead atoms. The molecule has 1 aromatic rings. The third-order valence-corrected chi connectivity index (χ3v) is 3.58. The van der Waals surface area contributed by atoms with Gasteiger partial charge in [0.25, 0.3) is 0 Å². The zero-order valence-corrected chi connectivity index (χ0v) is 10.8. The highest BCUT2D eigenvalue weighted by atomic mass is 16.1. The predicted octanol–water partition coefficient (Wildman–Crippen LogP) is 2.31. The van der Waals surface area contributed by atoms with Gasteiger partial charge < -0.3 is 11.1 Å². The molecule has 1 atom stereocenters. The van der Waals surface area contributed by atoms with E-state index in [1.807, 2.05) is 6.07 Å². The largest absolute Gasteiger partial charge is 0.349 e. The topological polar surface area (TPSA) is 55.1 Å². The van der Waals surface area contributed by atoms with E-state index in [-0.39, 0.29) is 11.9 Å². The maximum absolute atomic E-state index is 11.8. The molecule has 0 saturated heterocycles. The van der Waals surface area contributed by atoms with Crippen LogP contribution in [0.1, 0.15) is 49.3 Å². The smallest absolute Gasteiger partial charge is 0.220 e. The van der Waals surface area contributed by atoms with Gasteiger partial charge in [0.15, 0.2) is 0 Å². The lowest BCUT2D eigenvalue weighted by Gasteiger charge is -2.14. The maximum atomic E-state index is 11.8. The minimum atomic E-state index is 0.175. The van der Waals surface area contributed by atoms with Crippen LogP contribution in [0.4, 0.5) is 0 Å². The van der Waals surface area contributed by atoms with Crippen LogP contribution in [-0.4, -0.2) is 12.5 Å². The van der Waals surface area contributed by atoms with Crippen molar-refractivity contribution in [1.29, 1.82) is 0 Å². The predicted molar refractivity (Wildman–Crippen MR) is 73.2 cm³/mol. The Hall–Kier alpha value is -1.35. The highest BCUT2D eigenvalue weighted by Gasteiger charge is 2.22. The van der Waals surface area contributed by atoms with Crippen molar-refractivity contribution < 1.29 is 4.79 Å². The van der Waals surface area contributed by atoms with Crippen LogP contribution >= 0.6 is 0 Å². The fraction of sp³-hybridized carbons (Fsp3) is 0.533. The SMILES string of the molecule is NCCCCCC(=O)NC1CCc2ccccc21. The number of unbranched alkanes of at least 4 members (excludes halogenated alkanes) is 2. The Bertz CT molecular complexity index is 403. The quantitative estimate of drug-likeness (QED) is 0.757. The van der Waals surface area contributed by atoms with Crippen LogP contribution in [0.3, 0.4) is 0 Å². The molecule has 1 unspecified atom stereocenters. The Morgan fingerprint density at radius 3 is 2.94 bits per heavy atom. The van der Waals surface area contributed by atoms with Gasteiger partial charge in [-0.3, -0.25) is 4.79 Å². The van der Waals surface area contributed by atoms with Crippen LogP contribution in [0.15, 0.2) is 24.3 Å². The molecular formula is C15H22N2O. The van der Waals surface area contributed by atoms with E-state index in [0.717, 1.165) is 38.6 Å². The molecule has 0 aromatic heterocycles. The van der Waals surface area contributed by atoms with Gasteiger partial charge in [0.2, 0.25) is 5.91 Å². The average Bonchev–Trinajstić information content (AvgIpc) is 2.78. The molecule has 3 nitrogen and oxygen atoms in total. The van der Waals surface area contributed by atoms with E-state index in [0.29, 0.717) is 6.42 Å². The summed E-state index contributed by atoms with van der Waals surface area (Å²) in [5, 5.41) is 3.14. The molecule has 0 heterocycles. The number of hydrogen-bond donors (Lipinski definition) is 2. The Morgan fingerprint density at radius 1 is 1.28 bits per heavy atom. The monoisotopic (exact) mass is 246 g/mol. The van der Waals surface area contributed by atoms with E-state index in [1.54, 1.807) is 0 Å². The number of nitrogens with one attached hydrogen (secondary N) is 1. The number of carbonyl (C=O) groups is 1. The third-order valence-electron chi connectivity index (χ3n) is 3.58. The molecule has 1 amide bonds. The Labute approximate surface area is 109 Å². The van der Waals surface area contributed by atoms with Gasteiger partial charge >= 0.3 is 0 Å². The highest BCUT2D eigenvalue weighted by Crippen LogP contribution is 2.30. The van der Waals surface area contributed by atoms with Crippen molar-refractivity contribution in [2.75, 3.05) is 6.54 Å². The van der Waals surface area contributed by atoms with E-state index in [1.165, 1.54) is 11.1 Å². The summed E-state index contributed by atoms with van der Waals surface area (Å²) in [4.78, 5) is 11.8.